The number of nitrogens with zero attached hydrogens (tertiary/aromatic N) is 1. The van der Waals surface area contributed by atoms with Crippen LogP contribution in [0.2, 0.25) is 0 Å². The highest BCUT2D eigenvalue weighted by atomic mass is 15.1. The molecule has 0 saturated carbocycles. The molecule has 1 heterocycles. The van der Waals surface area contributed by atoms with Gasteiger partial charge < -0.3 is 4.90 Å². The van der Waals surface area contributed by atoms with Gasteiger partial charge in [0.1, 0.15) is 0 Å². The molecular weight excluding hydrogens is 170 g/mol. The topological polar surface area (TPSA) is 3.24 Å². The van der Waals surface area contributed by atoms with Crippen LogP contribution in [0, 0.1) is 11.8 Å². The van der Waals surface area contributed by atoms with E-state index < -0.39 is 0 Å². The summed E-state index contributed by atoms with van der Waals surface area (Å²) in [5, 5.41) is 0. The van der Waals surface area contributed by atoms with E-state index in [1.807, 2.05) is 0 Å². The zero-order valence-electron chi connectivity index (χ0n) is 9.80. The summed E-state index contributed by atoms with van der Waals surface area (Å²) in [6, 6.07) is 0. The molecule has 0 aromatic heterocycles. The van der Waals surface area contributed by atoms with Crippen LogP contribution in [0.25, 0.3) is 0 Å². The molecule has 0 amide bonds. The maximum atomic E-state index is 2.47. The maximum Gasteiger partial charge on any atom is 0.00498 e. The molecule has 1 fully saturated rings. The van der Waals surface area contributed by atoms with Crippen molar-refractivity contribution in [1.82, 2.24) is 4.90 Å². The van der Waals surface area contributed by atoms with Gasteiger partial charge in [0.05, 0.1) is 0 Å². The van der Waals surface area contributed by atoms with Crippen LogP contribution in [0.1, 0.15) is 27.2 Å². The standard InChI is InChI=1S/C13H21N/c1-9-7-10(2)12-5-6-14(4)8-13(12)11(9)3/h7,12-13H,5-6,8H2,1-4H3. The van der Waals surface area contributed by atoms with Crippen LogP contribution >= 0.6 is 0 Å². The predicted molar refractivity (Wildman–Crippen MR) is 61.2 cm³/mol. The molecule has 0 aromatic rings. The Kier molecular flexibility index (Phi) is 2.52. The van der Waals surface area contributed by atoms with Gasteiger partial charge in [0.2, 0.25) is 0 Å². The molecule has 78 valence electrons. The SMILES string of the molecule is CC1=CC(C)=C(C)C2CN(C)CCC12. The number of likely N-dealkylation sites (tertiary alicyclic amines) is 1. The van der Waals surface area contributed by atoms with Crippen molar-refractivity contribution in [1.29, 1.82) is 0 Å². The van der Waals surface area contributed by atoms with Crippen LogP contribution in [-0.2, 0) is 0 Å². The number of hydrogen-bond acceptors (Lipinski definition) is 1. The Bertz CT molecular complexity index is 298. The average molecular weight is 191 g/mol. The predicted octanol–water partition coefficient (Wildman–Crippen LogP) is 2.85. The van der Waals surface area contributed by atoms with Gasteiger partial charge in [-0.05, 0) is 52.6 Å². The van der Waals surface area contributed by atoms with E-state index in [0.29, 0.717) is 0 Å². The molecule has 2 atom stereocenters. The molecule has 0 N–H and O–H groups in total. The highest BCUT2D eigenvalue weighted by molar-refractivity contribution is 5.35. The summed E-state index contributed by atoms with van der Waals surface area (Å²) in [5.41, 5.74) is 4.72. The van der Waals surface area contributed by atoms with E-state index in [1.54, 1.807) is 11.1 Å². The van der Waals surface area contributed by atoms with E-state index >= 15 is 0 Å². The second-order valence-electron chi connectivity index (χ2n) is 5.02. The number of rotatable bonds is 0. The van der Waals surface area contributed by atoms with Crippen LogP contribution < -0.4 is 0 Å². The molecule has 0 aromatic carbocycles. The van der Waals surface area contributed by atoms with Crippen LogP contribution in [0.3, 0.4) is 0 Å². The molecule has 1 nitrogen and oxygen atoms in total. The lowest BCUT2D eigenvalue weighted by Crippen LogP contribution is -2.40. The largest absolute Gasteiger partial charge is 0.306 e. The lowest BCUT2D eigenvalue weighted by atomic mass is 9.72. The van der Waals surface area contributed by atoms with Crippen molar-refractivity contribution < 1.29 is 0 Å². The third-order valence-corrected chi connectivity index (χ3v) is 4.02. The molecule has 0 spiro atoms. The normalized spacial score (nSPS) is 34.1. The molecule has 1 aliphatic heterocycles. The summed E-state index contributed by atoms with van der Waals surface area (Å²) in [7, 11) is 2.24. The Morgan fingerprint density at radius 2 is 1.93 bits per heavy atom. The average Bonchev–Trinajstić information content (AvgIpc) is 2.14. The molecule has 14 heavy (non-hydrogen) atoms. The molecule has 2 aliphatic rings. The van der Waals surface area contributed by atoms with Gasteiger partial charge in [-0.25, -0.2) is 0 Å². The zero-order chi connectivity index (χ0) is 10.3. The fourth-order valence-electron chi connectivity index (χ4n) is 2.95. The lowest BCUT2D eigenvalue weighted by molar-refractivity contribution is 0.182. The second kappa shape index (κ2) is 3.54. The van der Waals surface area contributed by atoms with E-state index in [2.05, 4.69) is 38.8 Å². The third kappa shape index (κ3) is 1.54. The van der Waals surface area contributed by atoms with Crippen molar-refractivity contribution in [3.63, 3.8) is 0 Å². The van der Waals surface area contributed by atoms with Crippen molar-refractivity contribution in [2.45, 2.75) is 27.2 Å². The molecule has 2 unspecified atom stereocenters. The molecule has 1 saturated heterocycles. The van der Waals surface area contributed by atoms with E-state index in [4.69, 9.17) is 0 Å². The lowest BCUT2D eigenvalue weighted by Gasteiger charge is -2.41. The number of fused-ring (bicyclic) bond motifs is 1. The van der Waals surface area contributed by atoms with Crippen molar-refractivity contribution in [3.8, 4) is 0 Å². The summed E-state index contributed by atoms with van der Waals surface area (Å²) >= 11 is 0. The van der Waals surface area contributed by atoms with E-state index in [1.165, 1.54) is 25.1 Å². The number of allylic oxidation sites excluding steroid dienone is 3. The summed E-state index contributed by atoms with van der Waals surface area (Å²) in [5.74, 6) is 1.62. The fraction of sp³-hybridized carbons (Fsp3) is 0.692. The second-order valence-corrected chi connectivity index (χ2v) is 5.02. The zero-order valence-corrected chi connectivity index (χ0v) is 9.80. The number of hydrogen-bond donors (Lipinski definition) is 0. The summed E-state index contributed by atoms with van der Waals surface area (Å²) in [6.07, 6.45) is 3.73. The van der Waals surface area contributed by atoms with Gasteiger partial charge in [-0.1, -0.05) is 22.8 Å². The Labute approximate surface area is 87.5 Å². The molecule has 0 radical (unpaired) electrons. The van der Waals surface area contributed by atoms with Crippen molar-refractivity contribution in [3.05, 3.63) is 22.8 Å². The van der Waals surface area contributed by atoms with Crippen LogP contribution in [0.5, 0.6) is 0 Å². The van der Waals surface area contributed by atoms with Gasteiger partial charge in [-0.2, -0.15) is 0 Å². The first-order valence-corrected chi connectivity index (χ1v) is 5.63. The van der Waals surface area contributed by atoms with Crippen molar-refractivity contribution >= 4 is 0 Å². The molecule has 1 aliphatic carbocycles. The minimum absolute atomic E-state index is 0.791. The molecular formula is C13H21N. The van der Waals surface area contributed by atoms with Gasteiger partial charge >= 0.3 is 0 Å². The quantitative estimate of drug-likeness (QED) is 0.569. The van der Waals surface area contributed by atoms with E-state index in [0.717, 1.165) is 11.8 Å². The fourth-order valence-corrected chi connectivity index (χ4v) is 2.95. The third-order valence-electron chi connectivity index (χ3n) is 4.02. The maximum absolute atomic E-state index is 2.47. The van der Waals surface area contributed by atoms with Crippen LogP contribution in [0.15, 0.2) is 22.8 Å². The Morgan fingerprint density at radius 3 is 2.64 bits per heavy atom. The van der Waals surface area contributed by atoms with Crippen molar-refractivity contribution in [2.24, 2.45) is 11.8 Å². The first-order chi connectivity index (χ1) is 6.59. The van der Waals surface area contributed by atoms with E-state index in [9.17, 15) is 0 Å². The number of piperidine rings is 1. The van der Waals surface area contributed by atoms with Gasteiger partial charge in [0, 0.05) is 6.54 Å². The summed E-state index contributed by atoms with van der Waals surface area (Å²) in [4.78, 5) is 2.47. The summed E-state index contributed by atoms with van der Waals surface area (Å²) in [6.45, 7) is 9.38. The first-order valence-electron chi connectivity index (χ1n) is 5.63. The highest BCUT2D eigenvalue weighted by Gasteiger charge is 2.32. The van der Waals surface area contributed by atoms with Crippen LogP contribution in [-0.4, -0.2) is 25.0 Å². The minimum atomic E-state index is 0.791. The first kappa shape index (κ1) is 9.97. The minimum Gasteiger partial charge on any atom is -0.306 e. The van der Waals surface area contributed by atoms with Gasteiger partial charge in [-0.3, -0.25) is 0 Å². The Balaban J connectivity index is 2.29. The Morgan fingerprint density at radius 1 is 1.21 bits per heavy atom. The summed E-state index contributed by atoms with van der Waals surface area (Å²) < 4.78 is 0. The monoisotopic (exact) mass is 191 g/mol. The van der Waals surface area contributed by atoms with Gasteiger partial charge in [0.25, 0.3) is 0 Å². The molecule has 2 rings (SSSR count). The molecule has 1 heteroatoms. The van der Waals surface area contributed by atoms with Crippen molar-refractivity contribution in [2.75, 3.05) is 20.1 Å². The Hall–Kier alpha value is -0.560. The molecule has 0 bridgehead atoms. The van der Waals surface area contributed by atoms with E-state index in [-0.39, 0.29) is 0 Å². The smallest absolute Gasteiger partial charge is 0.00498 e. The van der Waals surface area contributed by atoms with Gasteiger partial charge in [0.15, 0.2) is 0 Å². The van der Waals surface area contributed by atoms with Crippen LogP contribution in [0.4, 0.5) is 0 Å². The highest BCUT2D eigenvalue weighted by Crippen LogP contribution is 2.39. The van der Waals surface area contributed by atoms with Gasteiger partial charge in [-0.15, -0.1) is 0 Å².